The maximum absolute atomic E-state index is 11.8. The number of nitrogens with one attached hydrogen (secondary N) is 1. The molecule has 0 saturated carbocycles. The van der Waals surface area contributed by atoms with Gasteiger partial charge >= 0.3 is 12.1 Å². The molecule has 2 atom stereocenters. The highest BCUT2D eigenvalue weighted by atomic mass is 16.7. The Balaban J connectivity index is 2.54. The number of carboxylic acids is 1. The van der Waals surface area contributed by atoms with Crippen molar-refractivity contribution in [3.63, 3.8) is 0 Å². The van der Waals surface area contributed by atoms with Crippen LogP contribution in [0, 0.1) is 5.92 Å². The van der Waals surface area contributed by atoms with E-state index >= 15 is 0 Å². The first-order chi connectivity index (χ1) is 9.65. The van der Waals surface area contributed by atoms with Crippen LogP contribution in [0.2, 0.25) is 0 Å². The van der Waals surface area contributed by atoms with Gasteiger partial charge in [-0.05, 0) is 33.1 Å². The zero-order chi connectivity index (χ0) is 16.0. The van der Waals surface area contributed by atoms with E-state index in [-0.39, 0.29) is 6.42 Å². The van der Waals surface area contributed by atoms with Gasteiger partial charge in [0.05, 0.1) is 19.1 Å². The lowest BCUT2D eigenvalue weighted by molar-refractivity contribution is -0.196. The lowest BCUT2D eigenvalue weighted by Gasteiger charge is -2.33. The Morgan fingerprint density at radius 3 is 2.67 bits per heavy atom. The van der Waals surface area contributed by atoms with Gasteiger partial charge in [0.25, 0.3) is 0 Å². The maximum atomic E-state index is 11.8. The summed E-state index contributed by atoms with van der Waals surface area (Å²) in [6.07, 6.45) is 0.200. The lowest BCUT2D eigenvalue weighted by Crippen LogP contribution is -2.48. The molecule has 0 spiro atoms. The molecule has 1 heterocycles. The Kier molecular flexibility index (Phi) is 6.42. The fourth-order valence-electron chi connectivity index (χ4n) is 2.09. The van der Waals surface area contributed by atoms with Gasteiger partial charge in [-0.15, -0.1) is 0 Å². The summed E-state index contributed by atoms with van der Waals surface area (Å²) >= 11 is 0. The van der Waals surface area contributed by atoms with Gasteiger partial charge in [0.15, 0.2) is 0 Å². The van der Waals surface area contributed by atoms with Crippen molar-refractivity contribution in [3.8, 4) is 0 Å². The largest absolute Gasteiger partial charge is 0.481 e. The summed E-state index contributed by atoms with van der Waals surface area (Å²) in [7, 11) is 0. The van der Waals surface area contributed by atoms with Gasteiger partial charge in [-0.2, -0.15) is 5.06 Å². The molecule has 1 fully saturated rings. The quantitative estimate of drug-likeness (QED) is 0.802. The van der Waals surface area contributed by atoms with Crippen molar-refractivity contribution in [2.24, 2.45) is 5.92 Å². The van der Waals surface area contributed by atoms with E-state index in [9.17, 15) is 9.59 Å². The van der Waals surface area contributed by atoms with Crippen LogP contribution in [0.5, 0.6) is 0 Å². The van der Waals surface area contributed by atoms with Crippen LogP contribution in [-0.4, -0.2) is 53.6 Å². The summed E-state index contributed by atoms with van der Waals surface area (Å²) < 4.78 is 5.16. The Hall–Kier alpha value is -1.34. The van der Waals surface area contributed by atoms with Crippen LogP contribution >= 0.6 is 0 Å². The third kappa shape index (κ3) is 7.87. The Morgan fingerprint density at radius 2 is 2.14 bits per heavy atom. The highest BCUT2D eigenvalue weighted by molar-refractivity contribution is 5.71. The van der Waals surface area contributed by atoms with Crippen LogP contribution in [0.1, 0.15) is 40.5 Å². The predicted molar refractivity (Wildman–Crippen MR) is 76.7 cm³/mol. The third-order valence-corrected chi connectivity index (χ3v) is 2.97. The lowest BCUT2D eigenvalue weighted by atomic mass is 10.1. The van der Waals surface area contributed by atoms with Gasteiger partial charge in [-0.1, -0.05) is 6.92 Å². The zero-order valence-corrected chi connectivity index (χ0v) is 13.2. The van der Waals surface area contributed by atoms with Crippen LogP contribution in [0.4, 0.5) is 4.79 Å². The molecule has 1 amide bonds. The van der Waals surface area contributed by atoms with Gasteiger partial charge < -0.3 is 15.2 Å². The number of alkyl carbamates (subject to hydrolysis) is 1. The van der Waals surface area contributed by atoms with Crippen molar-refractivity contribution in [1.82, 2.24) is 10.4 Å². The Labute approximate surface area is 125 Å². The molecule has 122 valence electrons. The van der Waals surface area contributed by atoms with Gasteiger partial charge in [0.2, 0.25) is 0 Å². The average molecular weight is 302 g/mol. The van der Waals surface area contributed by atoms with Crippen molar-refractivity contribution in [2.75, 3.05) is 19.7 Å². The van der Waals surface area contributed by atoms with E-state index in [1.165, 1.54) is 0 Å². The normalized spacial score (nSPS) is 21.6. The molecule has 0 bridgehead atoms. The maximum Gasteiger partial charge on any atom is 0.407 e. The Morgan fingerprint density at radius 1 is 1.48 bits per heavy atom. The van der Waals surface area contributed by atoms with E-state index in [0.29, 0.717) is 19.1 Å². The minimum Gasteiger partial charge on any atom is -0.481 e. The van der Waals surface area contributed by atoms with E-state index < -0.39 is 23.7 Å². The second kappa shape index (κ2) is 7.61. The average Bonchev–Trinajstić information content (AvgIpc) is 2.24. The number of ether oxygens (including phenoxy) is 1. The number of carbonyl (C=O) groups is 2. The first-order valence-electron chi connectivity index (χ1n) is 7.25. The molecule has 0 aromatic heterocycles. The molecule has 1 saturated heterocycles. The van der Waals surface area contributed by atoms with Crippen molar-refractivity contribution >= 4 is 12.1 Å². The number of hydrogen-bond acceptors (Lipinski definition) is 5. The summed E-state index contributed by atoms with van der Waals surface area (Å²) in [6, 6.07) is -0.553. The highest BCUT2D eigenvalue weighted by Gasteiger charge is 2.25. The molecular formula is C14H26N2O5. The minimum absolute atomic E-state index is 0.173. The number of nitrogens with zero attached hydrogens (tertiary/aromatic N) is 1. The number of carbonyl (C=O) groups excluding carboxylic acids is 1. The summed E-state index contributed by atoms with van der Waals surface area (Å²) in [6.45, 7) is 9.06. The van der Waals surface area contributed by atoms with E-state index in [4.69, 9.17) is 14.7 Å². The zero-order valence-electron chi connectivity index (χ0n) is 13.2. The molecule has 1 rings (SSSR count). The molecule has 2 N–H and O–H groups in total. The standard InChI is InChI=1S/C14H26N2O5/c1-10-5-6-20-16(8-10)9-11(7-12(17)18)15-13(19)21-14(2,3)4/h10-11H,5-9H2,1-4H3,(H,15,19)(H,17,18)/t10-,11+/m1/s1. The van der Waals surface area contributed by atoms with E-state index in [1.54, 1.807) is 25.8 Å². The predicted octanol–water partition coefficient (Wildman–Crippen LogP) is 1.63. The molecule has 0 aliphatic carbocycles. The van der Waals surface area contributed by atoms with Gasteiger partial charge in [0, 0.05) is 13.1 Å². The van der Waals surface area contributed by atoms with E-state index in [0.717, 1.165) is 13.0 Å². The SMILES string of the molecule is C[C@@H]1CCON(C[C@H](CC(=O)O)NC(=O)OC(C)(C)C)C1. The molecule has 0 unspecified atom stereocenters. The van der Waals surface area contributed by atoms with Gasteiger partial charge in [-0.25, -0.2) is 4.79 Å². The number of amides is 1. The van der Waals surface area contributed by atoms with Gasteiger partial charge in [0.1, 0.15) is 5.60 Å². The second-order valence-electron chi connectivity index (χ2n) is 6.52. The van der Waals surface area contributed by atoms with E-state index in [2.05, 4.69) is 12.2 Å². The number of hydrogen-bond donors (Lipinski definition) is 2. The topological polar surface area (TPSA) is 88.1 Å². The fraction of sp³-hybridized carbons (Fsp3) is 0.857. The first-order valence-corrected chi connectivity index (χ1v) is 7.25. The molecule has 0 aromatic carbocycles. The smallest absolute Gasteiger partial charge is 0.407 e. The van der Waals surface area contributed by atoms with Crippen LogP contribution in [0.15, 0.2) is 0 Å². The van der Waals surface area contributed by atoms with E-state index in [1.807, 2.05) is 0 Å². The number of aliphatic carboxylic acids is 1. The minimum atomic E-state index is -0.971. The van der Waals surface area contributed by atoms with Crippen molar-refractivity contribution < 1.29 is 24.3 Å². The van der Waals surface area contributed by atoms with Crippen LogP contribution in [-0.2, 0) is 14.4 Å². The highest BCUT2D eigenvalue weighted by Crippen LogP contribution is 2.14. The number of hydroxylamine groups is 2. The summed E-state index contributed by atoms with van der Waals surface area (Å²) in [4.78, 5) is 28.2. The number of carboxylic acid groups (broad SMARTS) is 1. The molecule has 0 aromatic rings. The van der Waals surface area contributed by atoms with Crippen LogP contribution < -0.4 is 5.32 Å². The molecule has 1 aliphatic heterocycles. The van der Waals surface area contributed by atoms with Crippen molar-refractivity contribution in [3.05, 3.63) is 0 Å². The molecule has 21 heavy (non-hydrogen) atoms. The fourth-order valence-corrected chi connectivity index (χ4v) is 2.09. The summed E-state index contributed by atoms with van der Waals surface area (Å²) in [5, 5.41) is 13.3. The number of rotatable bonds is 5. The summed E-state index contributed by atoms with van der Waals surface area (Å²) in [5.41, 5.74) is -0.617. The molecular weight excluding hydrogens is 276 g/mol. The monoisotopic (exact) mass is 302 g/mol. The molecule has 0 radical (unpaired) electrons. The van der Waals surface area contributed by atoms with Crippen molar-refractivity contribution in [1.29, 1.82) is 0 Å². The Bertz CT molecular complexity index is 367. The first kappa shape index (κ1) is 17.7. The van der Waals surface area contributed by atoms with Gasteiger partial charge in [-0.3, -0.25) is 9.63 Å². The molecule has 7 nitrogen and oxygen atoms in total. The summed E-state index contributed by atoms with van der Waals surface area (Å²) in [5.74, 6) is -0.480. The van der Waals surface area contributed by atoms with Crippen molar-refractivity contribution in [2.45, 2.75) is 52.2 Å². The molecule has 7 heteroatoms. The van der Waals surface area contributed by atoms with Crippen LogP contribution in [0.25, 0.3) is 0 Å². The van der Waals surface area contributed by atoms with Crippen LogP contribution in [0.3, 0.4) is 0 Å². The third-order valence-electron chi connectivity index (χ3n) is 2.97. The molecule has 1 aliphatic rings. The second-order valence-corrected chi connectivity index (χ2v) is 6.52.